The molecule has 0 aliphatic rings. The summed E-state index contributed by atoms with van der Waals surface area (Å²) < 4.78 is 1.98. The summed E-state index contributed by atoms with van der Waals surface area (Å²) in [6.07, 6.45) is 7.31. The first-order valence-corrected chi connectivity index (χ1v) is 7.09. The van der Waals surface area contributed by atoms with Gasteiger partial charge >= 0.3 is 0 Å². The first-order chi connectivity index (χ1) is 9.79. The summed E-state index contributed by atoms with van der Waals surface area (Å²) >= 11 is 1.62. The number of nitriles is 1. The summed E-state index contributed by atoms with van der Waals surface area (Å²) in [5.74, 6) is 0.707. The molecule has 3 heterocycles. The third kappa shape index (κ3) is 2.22. The zero-order valence-electron chi connectivity index (χ0n) is 10.7. The highest BCUT2D eigenvalue weighted by molar-refractivity contribution is 7.98. The number of nitrogens with zero attached hydrogens (tertiary/aromatic N) is 3. The summed E-state index contributed by atoms with van der Waals surface area (Å²) in [5, 5.41) is 9.35. The molecule has 0 saturated carbocycles. The van der Waals surface area contributed by atoms with Crippen molar-refractivity contribution in [2.24, 2.45) is 0 Å². The molecule has 3 rings (SSSR count). The SMILES string of the molecule is N#Cc1c(CSc2ccncc2N)cn2ccccc12. The van der Waals surface area contributed by atoms with Gasteiger partial charge in [-0.05, 0) is 23.8 Å². The fourth-order valence-corrected chi connectivity index (χ4v) is 3.00. The van der Waals surface area contributed by atoms with Crippen molar-refractivity contribution in [3.63, 3.8) is 0 Å². The number of rotatable bonds is 3. The maximum absolute atomic E-state index is 9.35. The van der Waals surface area contributed by atoms with Crippen molar-refractivity contribution >= 4 is 23.0 Å². The second kappa shape index (κ2) is 5.27. The minimum atomic E-state index is 0.666. The van der Waals surface area contributed by atoms with E-state index in [9.17, 15) is 5.26 Å². The van der Waals surface area contributed by atoms with Crippen LogP contribution in [0.3, 0.4) is 0 Å². The number of nitrogens with two attached hydrogens (primary N) is 1. The molecule has 4 nitrogen and oxygen atoms in total. The van der Waals surface area contributed by atoms with E-state index in [2.05, 4.69) is 11.1 Å². The van der Waals surface area contributed by atoms with Crippen LogP contribution in [0, 0.1) is 11.3 Å². The van der Waals surface area contributed by atoms with E-state index in [-0.39, 0.29) is 0 Å². The van der Waals surface area contributed by atoms with E-state index in [1.165, 1.54) is 0 Å². The number of anilines is 1. The smallest absolute Gasteiger partial charge is 0.102 e. The Morgan fingerprint density at radius 2 is 2.25 bits per heavy atom. The van der Waals surface area contributed by atoms with Crippen molar-refractivity contribution in [3.8, 4) is 6.07 Å². The molecule has 0 saturated heterocycles. The Morgan fingerprint density at radius 1 is 1.35 bits per heavy atom. The lowest BCUT2D eigenvalue weighted by Gasteiger charge is -2.03. The van der Waals surface area contributed by atoms with Crippen molar-refractivity contribution < 1.29 is 0 Å². The number of pyridine rings is 2. The molecule has 3 aromatic heterocycles. The van der Waals surface area contributed by atoms with Gasteiger partial charge in [-0.2, -0.15) is 5.26 Å². The summed E-state index contributed by atoms with van der Waals surface area (Å²) in [6, 6.07) is 10.0. The molecule has 0 aliphatic heterocycles. The van der Waals surface area contributed by atoms with E-state index in [4.69, 9.17) is 5.73 Å². The van der Waals surface area contributed by atoms with E-state index < -0.39 is 0 Å². The Kier molecular flexibility index (Phi) is 3.32. The molecular formula is C15H12N4S. The van der Waals surface area contributed by atoms with E-state index in [1.807, 2.05) is 41.1 Å². The van der Waals surface area contributed by atoms with Crippen molar-refractivity contribution in [2.45, 2.75) is 10.6 Å². The Balaban J connectivity index is 1.92. The summed E-state index contributed by atoms with van der Waals surface area (Å²) in [7, 11) is 0. The number of nitrogen functional groups attached to an aromatic ring is 1. The maximum atomic E-state index is 9.35. The molecule has 20 heavy (non-hydrogen) atoms. The van der Waals surface area contributed by atoms with Gasteiger partial charge in [-0.1, -0.05) is 6.07 Å². The predicted molar refractivity (Wildman–Crippen MR) is 80.3 cm³/mol. The summed E-state index contributed by atoms with van der Waals surface area (Å²) in [6.45, 7) is 0. The lowest BCUT2D eigenvalue weighted by atomic mass is 10.2. The largest absolute Gasteiger partial charge is 0.397 e. The van der Waals surface area contributed by atoms with Crippen LogP contribution in [0.2, 0.25) is 0 Å². The molecule has 2 N–H and O–H groups in total. The minimum Gasteiger partial charge on any atom is -0.397 e. The van der Waals surface area contributed by atoms with Crippen molar-refractivity contribution in [1.29, 1.82) is 5.26 Å². The topological polar surface area (TPSA) is 67.1 Å². The fourth-order valence-electron chi connectivity index (χ4n) is 2.10. The third-order valence-electron chi connectivity index (χ3n) is 3.07. The molecule has 0 aromatic carbocycles. The number of hydrogen-bond donors (Lipinski definition) is 1. The number of fused-ring (bicyclic) bond motifs is 1. The summed E-state index contributed by atoms with van der Waals surface area (Å²) in [4.78, 5) is 4.96. The Morgan fingerprint density at radius 3 is 3.05 bits per heavy atom. The van der Waals surface area contributed by atoms with Crippen LogP contribution in [0.25, 0.3) is 5.52 Å². The van der Waals surface area contributed by atoms with Gasteiger partial charge in [-0.15, -0.1) is 11.8 Å². The fraction of sp³-hybridized carbons (Fsp3) is 0.0667. The predicted octanol–water partition coefficient (Wildman–Crippen LogP) is 3.08. The molecule has 98 valence electrons. The van der Waals surface area contributed by atoms with Crippen molar-refractivity contribution in [2.75, 3.05) is 5.73 Å². The number of thioether (sulfide) groups is 1. The maximum Gasteiger partial charge on any atom is 0.102 e. The zero-order chi connectivity index (χ0) is 13.9. The van der Waals surface area contributed by atoms with E-state index in [0.29, 0.717) is 11.4 Å². The molecule has 0 radical (unpaired) electrons. The van der Waals surface area contributed by atoms with Gasteiger partial charge < -0.3 is 10.1 Å². The second-order valence-corrected chi connectivity index (χ2v) is 5.35. The average Bonchev–Trinajstić information content (AvgIpc) is 2.84. The lowest BCUT2D eigenvalue weighted by Crippen LogP contribution is -1.90. The highest BCUT2D eigenvalue weighted by atomic mass is 32.2. The molecular weight excluding hydrogens is 268 g/mol. The van der Waals surface area contributed by atoms with Crippen LogP contribution < -0.4 is 5.73 Å². The molecule has 0 amide bonds. The van der Waals surface area contributed by atoms with Gasteiger partial charge in [0.05, 0.1) is 23.0 Å². The van der Waals surface area contributed by atoms with Gasteiger partial charge in [0.2, 0.25) is 0 Å². The van der Waals surface area contributed by atoms with Gasteiger partial charge in [0.25, 0.3) is 0 Å². The quantitative estimate of drug-likeness (QED) is 0.749. The Bertz CT molecular complexity index is 801. The Labute approximate surface area is 120 Å². The first-order valence-electron chi connectivity index (χ1n) is 6.10. The van der Waals surface area contributed by atoms with Crippen LogP contribution in [0.1, 0.15) is 11.1 Å². The normalized spacial score (nSPS) is 10.6. The summed E-state index contributed by atoms with van der Waals surface area (Å²) in [5.41, 5.74) is 9.22. The van der Waals surface area contributed by atoms with Crippen LogP contribution in [-0.4, -0.2) is 9.38 Å². The van der Waals surface area contributed by atoms with Gasteiger partial charge in [0.15, 0.2) is 0 Å². The highest BCUT2D eigenvalue weighted by Crippen LogP contribution is 2.29. The molecule has 0 aliphatic carbocycles. The van der Waals surface area contributed by atoms with Crippen LogP contribution in [0.15, 0.2) is 53.9 Å². The second-order valence-electron chi connectivity index (χ2n) is 4.34. The molecule has 0 atom stereocenters. The van der Waals surface area contributed by atoms with Crippen LogP contribution in [-0.2, 0) is 5.75 Å². The molecule has 5 heteroatoms. The molecule has 0 spiro atoms. The van der Waals surface area contributed by atoms with Crippen molar-refractivity contribution in [3.05, 3.63) is 60.2 Å². The van der Waals surface area contributed by atoms with Crippen LogP contribution in [0.4, 0.5) is 5.69 Å². The first kappa shape index (κ1) is 12.6. The van der Waals surface area contributed by atoms with Crippen LogP contribution in [0.5, 0.6) is 0 Å². The molecule has 0 fully saturated rings. The van der Waals surface area contributed by atoms with Gasteiger partial charge in [0, 0.05) is 29.2 Å². The van der Waals surface area contributed by atoms with E-state index in [0.717, 1.165) is 21.5 Å². The average molecular weight is 280 g/mol. The number of aromatic nitrogens is 2. The Hall–Kier alpha value is -2.45. The van der Waals surface area contributed by atoms with Gasteiger partial charge in [-0.25, -0.2) is 0 Å². The minimum absolute atomic E-state index is 0.666. The third-order valence-corrected chi connectivity index (χ3v) is 4.21. The van der Waals surface area contributed by atoms with Gasteiger partial charge in [0.1, 0.15) is 6.07 Å². The van der Waals surface area contributed by atoms with Crippen LogP contribution >= 0.6 is 11.8 Å². The van der Waals surface area contributed by atoms with E-state index >= 15 is 0 Å². The highest BCUT2D eigenvalue weighted by Gasteiger charge is 2.10. The number of hydrogen-bond acceptors (Lipinski definition) is 4. The van der Waals surface area contributed by atoms with Gasteiger partial charge in [-0.3, -0.25) is 4.98 Å². The molecule has 0 unspecified atom stereocenters. The van der Waals surface area contributed by atoms with Crippen molar-refractivity contribution in [1.82, 2.24) is 9.38 Å². The molecule has 3 aromatic rings. The lowest BCUT2D eigenvalue weighted by molar-refractivity contribution is 1.18. The van der Waals surface area contributed by atoms with E-state index in [1.54, 1.807) is 24.2 Å². The molecule has 0 bridgehead atoms. The monoisotopic (exact) mass is 280 g/mol. The zero-order valence-corrected chi connectivity index (χ0v) is 11.5. The standard InChI is InChI=1S/C15H12N4S/c16-7-12-11(9-19-6-2-1-3-14(12)19)10-20-15-4-5-18-8-13(15)17/h1-6,8-9H,10,17H2.